The van der Waals surface area contributed by atoms with Crippen LogP contribution < -0.4 is 0 Å². The quantitative estimate of drug-likeness (QED) is 0.783. The highest BCUT2D eigenvalue weighted by atomic mass is 35.5. The molecule has 2 fully saturated rings. The molecule has 5 rings (SSSR count). The van der Waals surface area contributed by atoms with Crippen LogP contribution in [0.1, 0.15) is 55.8 Å². The van der Waals surface area contributed by atoms with Gasteiger partial charge in [-0.1, -0.05) is 11.6 Å². The van der Waals surface area contributed by atoms with Crippen LogP contribution in [0.3, 0.4) is 0 Å². The van der Waals surface area contributed by atoms with E-state index in [0.717, 1.165) is 43.9 Å². The van der Waals surface area contributed by atoms with Gasteiger partial charge >= 0.3 is 0 Å². The van der Waals surface area contributed by atoms with Gasteiger partial charge in [0.15, 0.2) is 0 Å². The fraction of sp³-hybridized carbons (Fsp3) is 0.591. The van der Waals surface area contributed by atoms with Crippen LogP contribution in [-0.2, 0) is 17.8 Å². The Bertz CT molecular complexity index is 883. The second-order valence-electron chi connectivity index (χ2n) is 8.48. The van der Waals surface area contributed by atoms with Crippen molar-refractivity contribution in [1.82, 2.24) is 14.4 Å². The largest absolute Gasteiger partial charge is 0.344 e. The molecule has 1 aromatic heterocycles. The third-order valence-corrected chi connectivity index (χ3v) is 7.27. The fourth-order valence-corrected chi connectivity index (χ4v) is 5.76. The first-order chi connectivity index (χ1) is 13.1. The Labute approximate surface area is 166 Å². The Balaban J connectivity index is 1.49. The molecule has 3 aliphatic rings. The van der Waals surface area contributed by atoms with Crippen LogP contribution in [0.5, 0.6) is 0 Å². The smallest absolute Gasteiger partial charge is 0.224 e. The van der Waals surface area contributed by atoms with Crippen molar-refractivity contribution < 1.29 is 4.79 Å². The van der Waals surface area contributed by atoms with Crippen molar-refractivity contribution in [2.45, 2.75) is 63.6 Å². The standard InChI is InChI=1S/C22H28ClN3O/c1-24-16-6-8-19(24)22-17-13-15(23)5-7-18(17)26(20(22)14-16)12-9-21(27)25-10-3-2-4-11-25/h5,7,13,16,19H,2-4,6,8-12,14H2,1H3. The summed E-state index contributed by atoms with van der Waals surface area (Å²) in [6, 6.07) is 7.40. The lowest BCUT2D eigenvalue weighted by molar-refractivity contribution is -0.132. The van der Waals surface area contributed by atoms with Gasteiger partial charge in [0, 0.05) is 66.2 Å². The number of carbonyl (C=O) groups is 1. The predicted octanol–water partition coefficient (Wildman–Crippen LogP) is 4.39. The number of hydrogen-bond donors (Lipinski definition) is 0. The first-order valence-electron chi connectivity index (χ1n) is 10.4. The number of likely N-dealkylation sites (N-methyl/N-ethyl adjacent to an activating group) is 1. The Morgan fingerprint density at radius 1 is 1.19 bits per heavy atom. The normalized spacial score (nSPS) is 25.2. The summed E-state index contributed by atoms with van der Waals surface area (Å²) in [6.45, 7) is 2.66. The van der Waals surface area contributed by atoms with Crippen LogP contribution in [0.2, 0.25) is 5.02 Å². The zero-order chi connectivity index (χ0) is 18.5. The molecule has 0 aliphatic carbocycles. The number of aromatic nitrogens is 1. The molecule has 4 nitrogen and oxygen atoms in total. The Kier molecular flexibility index (Phi) is 4.44. The lowest BCUT2D eigenvalue weighted by atomic mass is 9.97. The van der Waals surface area contributed by atoms with Crippen molar-refractivity contribution in [3.8, 4) is 0 Å². The Morgan fingerprint density at radius 2 is 2.00 bits per heavy atom. The summed E-state index contributed by atoms with van der Waals surface area (Å²) in [5.74, 6) is 0.315. The van der Waals surface area contributed by atoms with Crippen LogP contribution in [0, 0.1) is 0 Å². The van der Waals surface area contributed by atoms with E-state index in [-0.39, 0.29) is 0 Å². The van der Waals surface area contributed by atoms with Gasteiger partial charge in [0.25, 0.3) is 0 Å². The summed E-state index contributed by atoms with van der Waals surface area (Å²) in [5.41, 5.74) is 4.16. The lowest BCUT2D eigenvalue weighted by Gasteiger charge is -2.32. The van der Waals surface area contributed by atoms with Crippen molar-refractivity contribution in [2.24, 2.45) is 0 Å². The van der Waals surface area contributed by atoms with Gasteiger partial charge in [-0.3, -0.25) is 9.69 Å². The number of aryl methyl sites for hydroxylation is 1. The maximum atomic E-state index is 12.7. The van der Waals surface area contributed by atoms with Gasteiger partial charge in [0.05, 0.1) is 0 Å². The number of likely N-dealkylation sites (tertiary alicyclic amines) is 1. The molecule has 0 saturated carbocycles. The third kappa shape index (κ3) is 2.89. The van der Waals surface area contributed by atoms with E-state index in [1.54, 1.807) is 0 Å². The van der Waals surface area contributed by atoms with Gasteiger partial charge in [0.1, 0.15) is 0 Å². The Morgan fingerprint density at radius 3 is 2.81 bits per heavy atom. The summed E-state index contributed by atoms with van der Waals surface area (Å²) in [4.78, 5) is 17.3. The molecule has 2 aromatic rings. The van der Waals surface area contributed by atoms with Crippen molar-refractivity contribution in [2.75, 3.05) is 20.1 Å². The first-order valence-corrected chi connectivity index (χ1v) is 10.8. The van der Waals surface area contributed by atoms with Gasteiger partial charge in [-0.25, -0.2) is 0 Å². The number of amides is 1. The average molecular weight is 386 g/mol. The van der Waals surface area contributed by atoms with E-state index < -0.39 is 0 Å². The van der Waals surface area contributed by atoms with Crippen molar-refractivity contribution in [3.63, 3.8) is 0 Å². The molecule has 2 bridgehead atoms. The van der Waals surface area contributed by atoms with E-state index in [2.05, 4.69) is 33.5 Å². The molecule has 3 aliphatic heterocycles. The maximum absolute atomic E-state index is 12.7. The van der Waals surface area contributed by atoms with Crippen LogP contribution in [0.15, 0.2) is 18.2 Å². The number of fused-ring (bicyclic) bond motifs is 6. The molecule has 2 atom stereocenters. The first kappa shape index (κ1) is 17.6. The topological polar surface area (TPSA) is 28.5 Å². The van der Waals surface area contributed by atoms with Crippen molar-refractivity contribution in [1.29, 1.82) is 0 Å². The van der Waals surface area contributed by atoms with Gasteiger partial charge in [0.2, 0.25) is 5.91 Å². The van der Waals surface area contributed by atoms with E-state index >= 15 is 0 Å². The number of halogens is 1. The second kappa shape index (κ2) is 6.82. The molecular formula is C22H28ClN3O. The SMILES string of the molecule is CN1C2CCC1c1c(n(CCC(=O)N3CCCCC3)c3ccc(Cl)cc13)C2. The van der Waals surface area contributed by atoms with Crippen molar-refractivity contribution >= 4 is 28.4 Å². The molecule has 1 amide bonds. The average Bonchev–Trinajstić information content (AvgIpc) is 3.10. The van der Waals surface area contributed by atoms with Crippen LogP contribution in [-0.4, -0.2) is 46.5 Å². The van der Waals surface area contributed by atoms with Crippen LogP contribution >= 0.6 is 11.6 Å². The molecule has 0 radical (unpaired) electrons. The summed E-state index contributed by atoms with van der Waals surface area (Å²) in [6.07, 6.45) is 7.76. The summed E-state index contributed by atoms with van der Waals surface area (Å²) in [7, 11) is 2.26. The minimum atomic E-state index is 0.315. The molecule has 0 spiro atoms. The number of nitrogens with zero attached hydrogens (tertiary/aromatic N) is 3. The summed E-state index contributed by atoms with van der Waals surface area (Å²) >= 11 is 6.35. The number of carbonyl (C=O) groups excluding carboxylic acids is 1. The van der Waals surface area contributed by atoms with Crippen molar-refractivity contribution in [3.05, 3.63) is 34.5 Å². The predicted molar refractivity (Wildman–Crippen MR) is 109 cm³/mol. The lowest BCUT2D eigenvalue weighted by Crippen LogP contribution is -2.36. The number of benzene rings is 1. The second-order valence-corrected chi connectivity index (χ2v) is 8.92. The van der Waals surface area contributed by atoms with E-state index in [0.29, 0.717) is 24.4 Å². The molecule has 1 aromatic carbocycles. The number of hydrogen-bond acceptors (Lipinski definition) is 2. The van der Waals surface area contributed by atoms with Gasteiger partial charge in [-0.05, 0) is 62.9 Å². The number of rotatable bonds is 3. The van der Waals surface area contributed by atoms with E-state index in [1.807, 2.05) is 6.07 Å². The molecule has 2 saturated heterocycles. The highest BCUT2D eigenvalue weighted by molar-refractivity contribution is 6.31. The zero-order valence-corrected chi connectivity index (χ0v) is 16.8. The van der Waals surface area contributed by atoms with E-state index in [1.165, 1.54) is 41.4 Å². The minimum absolute atomic E-state index is 0.315. The minimum Gasteiger partial charge on any atom is -0.344 e. The third-order valence-electron chi connectivity index (χ3n) is 7.04. The highest BCUT2D eigenvalue weighted by Gasteiger charge is 2.40. The Hall–Kier alpha value is -1.52. The molecule has 0 N–H and O–H groups in total. The molecule has 5 heteroatoms. The monoisotopic (exact) mass is 385 g/mol. The van der Waals surface area contributed by atoms with Gasteiger partial charge in [-0.2, -0.15) is 0 Å². The number of piperidine rings is 1. The zero-order valence-electron chi connectivity index (χ0n) is 16.1. The van der Waals surface area contributed by atoms with Gasteiger partial charge in [-0.15, -0.1) is 0 Å². The highest BCUT2D eigenvalue weighted by Crippen LogP contribution is 2.47. The molecule has 2 unspecified atom stereocenters. The van der Waals surface area contributed by atoms with Gasteiger partial charge < -0.3 is 9.47 Å². The molecule has 4 heterocycles. The molecular weight excluding hydrogens is 358 g/mol. The van der Waals surface area contributed by atoms with E-state index in [9.17, 15) is 4.79 Å². The fourth-order valence-electron chi connectivity index (χ4n) is 5.59. The van der Waals surface area contributed by atoms with Crippen LogP contribution in [0.4, 0.5) is 0 Å². The summed E-state index contributed by atoms with van der Waals surface area (Å²) < 4.78 is 2.43. The van der Waals surface area contributed by atoms with E-state index in [4.69, 9.17) is 11.6 Å². The maximum Gasteiger partial charge on any atom is 0.224 e. The molecule has 144 valence electrons. The summed E-state index contributed by atoms with van der Waals surface area (Å²) in [5, 5.41) is 2.09. The molecule has 27 heavy (non-hydrogen) atoms. The van der Waals surface area contributed by atoms with Crippen LogP contribution in [0.25, 0.3) is 10.9 Å².